The average Bonchev–Trinajstić information content (AvgIpc) is 2.86. The van der Waals surface area contributed by atoms with E-state index in [1.807, 2.05) is 13.8 Å². The van der Waals surface area contributed by atoms with E-state index in [0.29, 0.717) is 4.52 Å². The zero-order valence-electron chi connectivity index (χ0n) is 12.1. The molecule has 2 aromatic heterocycles. The van der Waals surface area contributed by atoms with E-state index < -0.39 is 18.0 Å². The zero-order chi connectivity index (χ0) is 16.5. The third-order valence-corrected chi connectivity index (χ3v) is 3.02. The van der Waals surface area contributed by atoms with E-state index in [0.717, 1.165) is 0 Å². The molecule has 10 heteroatoms. The molecule has 2 heterocycles. The quantitative estimate of drug-likeness (QED) is 0.889. The van der Waals surface area contributed by atoms with Crippen LogP contribution < -0.4 is 10.6 Å². The lowest BCUT2D eigenvalue weighted by molar-refractivity contribution is -0.146. The number of likely N-dealkylation sites (N-methyl/N-ethyl adjacent to an activating group) is 1. The third kappa shape index (κ3) is 3.10. The van der Waals surface area contributed by atoms with Crippen molar-refractivity contribution in [3.05, 3.63) is 18.0 Å². The molecule has 0 aliphatic carbocycles. The Labute approximate surface area is 123 Å². The summed E-state index contributed by atoms with van der Waals surface area (Å²) in [5.74, 6) is -1.45. The molecule has 2 rings (SSSR count). The molecule has 0 bridgehead atoms. The number of aromatic nitrogens is 4. The van der Waals surface area contributed by atoms with Crippen molar-refractivity contribution in [2.75, 3.05) is 12.4 Å². The molecule has 2 N–H and O–H groups in total. The molecule has 0 aromatic carbocycles. The van der Waals surface area contributed by atoms with Crippen LogP contribution >= 0.6 is 0 Å². The molecular weight excluding hydrogens is 301 g/mol. The molecule has 1 amide bonds. The van der Waals surface area contributed by atoms with Gasteiger partial charge >= 0.3 is 6.18 Å². The van der Waals surface area contributed by atoms with E-state index in [1.54, 1.807) is 0 Å². The number of fused-ring (bicyclic) bond motifs is 1. The lowest BCUT2D eigenvalue weighted by Crippen LogP contribution is -2.41. The molecule has 0 unspecified atom stereocenters. The Hall–Kier alpha value is -2.39. The summed E-state index contributed by atoms with van der Waals surface area (Å²) in [6.45, 7) is 3.62. The molecule has 0 saturated carbocycles. The summed E-state index contributed by atoms with van der Waals surface area (Å²) in [6, 6.07) is 2.17. The number of carbonyl (C=O) groups is 1. The minimum absolute atomic E-state index is 0.0288. The standard InChI is InChI=1S/C12H15F3N6O/c1-6(2)9(10(22)16-3)17-7-4-5-8-18-19-11(12(13,14)15)21(8)20-7/h4-6,9H,1-3H3,(H,16,22)(H,17,20)/t9-/m0/s1. The summed E-state index contributed by atoms with van der Waals surface area (Å²) in [4.78, 5) is 11.8. The fourth-order valence-corrected chi connectivity index (χ4v) is 1.89. The Balaban J connectivity index is 2.38. The minimum Gasteiger partial charge on any atom is -0.357 e. The van der Waals surface area contributed by atoms with Crippen LogP contribution in [0.1, 0.15) is 19.7 Å². The van der Waals surface area contributed by atoms with Crippen molar-refractivity contribution in [2.24, 2.45) is 5.92 Å². The lowest BCUT2D eigenvalue weighted by Gasteiger charge is -2.21. The number of carbonyl (C=O) groups excluding carboxylic acids is 1. The number of nitrogens with one attached hydrogen (secondary N) is 2. The first-order valence-corrected chi connectivity index (χ1v) is 6.52. The van der Waals surface area contributed by atoms with Crippen LogP contribution in [0.4, 0.5) is 19.0 Å². The van der Waals surface area contributed by atoms with Gasteiger partial charge in [0, 0.05) is 7.05 Å². The molecule has 0 saturated heterocycles. The number of alkyl halides is 3. The maximum atomic E-state index is 12.8. The topological polar surface area (TPSA) is 84.2 Å². The number of hydrogen-bond donors (Lipinski definition) is 2. The molecule has 1 atom stereocenters. The first-order valence-electron chi connectivity index (χ1n) is 6.52. The van der Waals surface area contributed by atoms with Crippen LogP contribution in [0.5, 0.6) is 0 Å². The fraction of sp³-hybridized carbons (Fsp3) is 0.500. The van der Waals surface area contributed by atoms with Crippen LogP contribution in [-0.2, 0) is 11.0 Å². The highest BCUT2D eigenvalue weighted by atomic mass is 19.4. The van der Waals surface area contributed by atoms with Crippen molar-refractivity contribution in [2.45, 2.75) is 26.1 Å². The highest BCUT2D eigenvalue weighted by Gasteiger charge is 2.37. The first kappa shape index (κ1) is 16.0. The molecule has 120 valence electrons. The number of nitrogens with zero attached hydrogens (tertiary/aromatic N) is 4. The van der Waals surface area contributed by atoms with Gasteiger partial charge in [-0.3, -0.25) is 4.79 Å². The molecule has 2 aromatic rings. The van der Waals surface area contributed by atoms with E-state index in [-0.39, 0.29) is 23.3 Å². The van der Waals surface area contributed by atoms with Crippen LogP contribution in [-0.4, -0.2) is 38.8 Å². The van der Waals surface area contributed by atoms with Crippen molar-refractivity contribution < 1.29 is 18.0 Å². The average molecular weight is 316 g/mol. The van der Waals surface area contributed by atoms with E-state index >= 15 is 0 Å². The van der Waals surface area contributed by atoms with Crippen LogP contribution in [0.25, 0.3) is 5.65 Å². The Morgan fingerprint density at radius 1 is 1.27 bits per heavy atom. The summed E-state index contributed by atoms with van der Waals surface area (Å²) in [5.41, 5.74) is -0.0288. The number of hydrogen-bond acceptors (Lipinski definition) is 5. The van der Waals surface area contributed by atoms with Gasteiger partial charge in [0.25, 0.3) is 5.82 Å². The summed E-state index contributed by atoms with van der Waals surface area (Å²) in [5, 5.41) is 15.6. The largest absolute Gasteiger partial charge is 0.453 e. The van der Waals surface area contributed by atoms with Gasteiger partial charge in [-0.2, -0.15) is 17.7 Å². The van der Waals surface area contributed by atoms with Gasteiger partial charge in [0.05, 0.1) is 0 Å². The zero-order valence-corrected chi connectivity index (χ0v) is 12.1. The normalized spacial score (nSPS) is 13.4. The second-order valence-corrected chi connectivity index (χ2v) is 4.99. The summed E-state index contributed by atoms with van der Waals surface area (Å²) < 4.78 is 39.0. The molecular formula is C12H15F3N6O. The number of halogens is 3. The van der Waals surface area contributed by atoms with Crippen molar-refractivity contribution in [1.82, 2.24) is 25.1 Å². The Bertz CT molecular complexity index is 681. The van der Waals surface area contributed by atoms with Crippen LogP contribution in [0.2, 0.25) is 0 Å². The van der Waals surface area contributed by atoms with Gasteiger partial charge < -0.3 is 10.6 Å². The number of amides is 1. The third-order valence-electron chi connectivity index (χ3n) is 3.02. The molecule has 22 heavy (non-hydrogen) atoms. The monoisotopic (exact) mass is 316 g/mol. The van der Waals surface area contributed by atoms with Crippen molar-refractivity contribution in [1.29, 1.82) is 0 Å². The van der Waals surface area contributed by atoms with Crippen LogP contribution in [0.15, 0.2) is 12.1 Å². The second-order valence-electron chi connectivity index (χ2n) is 4.99. The van der Waals surface area contributed by atoms with Crippen molar-refractivity contribution in [3.63, 3.8) is 0 Å². The molecule has 7 nitrogen and oxygen atoms in total. The molecule has 0 fully saturated rings. The predicted molar refractivity (Wildman–Crippen MR) is 72.1 cm³/mol. The molecule has 0 radical (unpaired) electrons. The highest BCUT2D eigenvalue weighted by molar-refractivity contribution is 5.84. The maximum Gasteiger partial charge on any atom is 0.453 e. The Kier molecular flexibility index (Phi) is 4.20. The van der Waals surface area contributed by atoms with Gasteiger partial charge in [-0.15, -0.1) is 15.3 Å². The van der Waals surface area contributed by atoms with Gasteiger partial charge in [0.2, 0.25) is 5.91 Å². The second kappa shape index (κ2) is 5.78. The fourth-order valence-electron chi connectivity index (χ4n) is 1.89. The predicted octanol–water partition coefficient (Wildman–Crippen LogP) is 1.33. The minimum atomic E-state index is -4.66. The van der Waals surface area contributed by atoms with Gasteiger partial charge in [0.15, 0.2) is 5.65 Å². The smallest absolute Gasteiger partial charge is 0.357 e. The Morgan fingerprint density at radius 2 is 1.95 bits per heavy atom. The Morgan fingerprint density at radius 3 is 2.50 bits per heavy atom. The van der Waals surface area contributed by atoms with Crippen LogP contribution in [0, 0.1) is 5.92 Å². The highest BCUT2D eigenvalue weighted by Crippen LogP contribution is 2.27. The van der Waals surface area contributed by atoms with Crippen molar-refractivity contribution in [3.8, 4) is 0 Å². The SMILES string of the molecule is CNC(=O)[C@@H](Nc1ccc2nnc(C(F)(F)F)n2n1)C(C)C. The van der Waals surface area contributed by atoms with Gasteiger partial charge in [-0.1, -0.05) is 13.8 Å². The summed E-state index contributed by atoms with van der Waals surface area (Å²) in [7, 11) is 1.48. The van der Waals surface area contributed by atoms with E-state index in [1.165, 1.54) is 19.2 Å². The molecule has 0 spiro atoms. The maximum absolute atomic E-state index is 12.8. The van der Waals surface area contributed by atoms with E-state index in [4.69, 9.17) is 0 Å². The van der Waals surface area contributed by atoms with Gasteiger partial charge in [-0.05, 0) is 18.1 Å². The summed E-state index contributed by atoms with van der Waals surface area (Å²) >= 11 is 0. The van der Waals surface area contributed by atoms with Crippen molar-refractivity contribution >= 4 is 17.4 Å². The van der Waals surface area contributed by atoms with Crippen LogP contribution in [0.3, 0.4) is 0 Å². The molecule has 0 aliphatic heterocycles. The number of anilines is 1. The number of rotatable bonds is 4. The van der Waals surface area contributed by atoms with E-state index in [9.17, 15) is 18.0 Å². The molecule has 0 aliphatic rings. The summed E-state index contributed by atoms with van der Waals surface area (Å²) in [6.07, 6.45) is -4.66. The van der Waals surface area contributed by atoms with Gasteiger partial charge in [0.1, 0.15) is 11.9 Å². The van der Waals surface area contributed by atoms with E-state index in [2.05, 4.69) is 25.9 Å². The first-order chi connectivity index (χ1) is 10.2. The van der Waals surface area contributed by atoms with Gasteiger partial charge in [-0.25, -0.2) is 0 Å². The lowest BCUT2D eigenvalue weighted by atomic mass is 10.0.